The van der Waals surface area contributed by atoms with E-state index in [1.54, 1.807) is 47.0 Å². The lowest BCUT2D eigenvalue weighted by Crippen LogP contribution is -2.30. The molecule has 1 saturated heterocycles. The number of hydrogen-bond donors (Lipinski definition) is 0. The van der Waals surface area contributed by atoms with E-state index in [4.69, 9.17) is 11.6 Å². The van der Waals surface area contributed by atoms with Gasteiger partial charge in [0.2, 0.25) is 0 Å². The monoisotopic (exact) mass is 374 g/mol. The van der Waals surface area contributed by atoms with Crippen LogP contribution in [-0.4, -0.2) is 27.8 Å². The van der Waals surface area contributed by atoms with Crippen molar-refractivity contribution in [1.82, 2.24) is 4.90 Å². The van der Waals surface area contributed by atoms with Crippen molar-refractivity contribution in [3.8, 4) is 0 Å². The van der Waals surface area contributed by atoms with Crippen LogP contribution in [0.5, 0.6) is 0 Å². The first-order valence-electron chi connectivity index (χ1n) is 7.77. The zero-order valence-electron chi connectivity index (χ0n) is 13.5. The van der Waals surface area contributed by atoms with Crippen molar-refractivity contribution in [2.45, 2.75) is 12.2 Å². The second kappa shape index (κ2) is 7.85. The number of amidine groups is 1. The summed E-state index contributed by atoms with van der Waals surface area (Å²) < 4.78 is 12.9. The maximum Gasteiger partial charge on any atom is 0.252 e. The minimum absolute atomic E-state index is 0.145. The molecule has 2 aromatic carbocycles. The summed E-state index contributed by atoms with van der Waals surface area (Å²) in [6.45, 7) is 2.66. The van der Waals surface area contributed by atoms with E-state index in [1.165, 1.54) is 18.2 Å². The topological polar surface area (TPSA) is 32.7 Å². The van der Waals surface area contributed by atoms with Crippen molar-refractivity contribution in [3.63, 3.8) is 0 Å². The van der Waals surface area contributed by atoms with Crippen LogP contribution in [0, 0.1) is 5.82 Å². The molecule has 1 aliphatic heterocycles. The number of rotatable bonds is 3. The first-order valence-corrected chi connectivity index (χ1v) is 9.03. The van der Waals surface area contributed by atoms with E-state index in [1.807, 2.05) is 12.1 Å². The Labute approximate surface area is 155 Å². The minimum Gasteiger partial charge on any atom is -0.287 e. The molecule has 3 rings (SSSR count). The van der Waals surface area contributed by atoms with Crippen LogP contribution >= 0.6 is 23.4 Å². The van der Waals surface area contributed by atoms with Gasteiger partial charge in [0.1, 0.15) is 5.82 Å². The molecule has 0 spiro atoms. The van der Waals surface area contributed by atoms with Gasteiger partial charge in [-0.25, -0.2) is 9.38 Å². The average Bonchev–Trinajstić information content (AvgIpc) is 2.96. The number of hydrogen-bond acceptors (Lipinski definition) is 3. The van der Waals surface area contributed by atoms with E-state index < -0.39 is 0 Å². The molecule has 1 atom stereocenters. The van der Waals surface area contributed by atoms with Gasteiger partial charge in [0.25, 0.3) is 5.91 Å². The molecule has 1 amide bonds. The molecular formula is C19H16ClFN2OS. The van der Waals surface area contributed by atoms with E-state index >= 15 is 0 Å². The van der Waals surface area contributed by atoms with Crippen LogP contribution in [0.25, 0.3) is 6.08 Å². The third-order valence-corrected chi connectivity index (χ3v) is 4.91. The van der Waals surface area contributed by atoms with E-state index in [9.17, 15) is 9.18 Å². The Balaban J connectivity index is 1.77. The number of amides is 1. The third-order valence-electron chi connectivity index (χ3n) is 3.58. The number of thioether (sulfide) groups is 1. The van der Waals surface area contributed by atoms with Gasteiger partial charge in [-0.3, -0.25) is 9.69 Å². The Morgan fingerprint density at radius 2 is 1.92 bits per heavy atom. The number of carbonyl (C=O) groups excluding carboxylic acids is 1. The molecule has 0 aromatic heterocycles. The molecule has 128 valence electrons. The maximum absolute atomic E-state index is 12.9. The highest BCUT2D eigenvalue weighted by molar-refractivity contribution is 8.14. The molecule has 2 aromatic rings. The summed E-state index contributed by atoms with van der Waals surface area (Å²) in [7, 11) is 0. The van der Waals surface area contributed by atoms with Crippen LogP contribution in [0.4, 0.5) is 10.1 Å². The van der Waals surface area contributed by atoms with Crippen molar-refractivity contribution in [2.75, 3.05) is 6.54 Å². The van der Waals surface area contributed by atoms with Crippen LogP contribution in [0.3, 0.4) is 0 Å². The van der Waals surface area contributed by atoms with Crippen LogP contribution in [-0.2, 0) is 4.79 Å². The fraction of sp³-hybridized carbons (Fsp3) is 0.158. The van der Waals surface area contributed by atoms with Gasteiger partial charge in [0.05, 0.1) is 5.69 Å². The molecule has 0 saturated carbocycles. The number of nitrogens with zero attached hydrogens (tertiary/aromatic N) is 2. The van der Waals surface area contributed by atoms with Gasteiger partial charge in [-0.15, -0.1) is 0 Å². The molecule has 1 heterocycles. The van der Waals surface area contributed by atoms with Crippen LogP contribution in [0.2, 0.25) is 5.02 Å². The zero-order valence-corrected chi connectivity index (χ0v) is 15.1. The predicted octanol–water partition coefficient (Wildman–Crippen LogP) is 5.14. The Bertz CT molecular complexity index is 818. The van der Waals surface area contributed by atoms with E-state index in [2.05, 4.69) is 11.9 Å². The standard InChI is InChI=1S/C19H16ClFN2OS/c1-13-12-23(18(24)11-4-14-2-7-16(21)8-3-14)19(25-13)22-17-9-5-15(20)6-10-17/h2-11,13H,12H2,1H3/b11-4+,22-19?/t13-/m1/s1. The normalized spacial score (nSPS) is 19.1. The van der Waals surface area contributed by atoms with Crippen molar-refractivity contribution < 1.29 is 9.18 Å². The van der Waals surface area contributed by atoms with Gasteiger partial charge in [-0.2, -0.15) is 0 Å². The largest absolute Gasteiger partial charge is 0.287 e. The molecular weight excluding hydrogens is 359 g/mol. The van der Waals surface area contributed by atoms with Crippen LogP contribution in [0.15, 0.2) is 59.6 Å². The smallest absolute Gasteiger partial charge is 0.252 e. The zero-order chi connectivity index (χ0) is 17.8. The Morgan fingerprint density at radius 1 is 1.24 bits per heavy atom. The van der Waals surface area contributed by atoms with E-state index in [-0.39, 0.29) is 17.0 Å². The average molecular weight is 375 g/mol. The van der Waals surface area contributed by atoms with Crippen LogP contribution < -0.4 is 0 Å². The summed E-state index contributed by atoms with van der Waals surface area (Å²) in [6.07, 6.45) is 3.17. The summed E-state index contributed by atoms with van der Waals surface area (Å²) >= 11 is 7.45. The fourth-order valence-corrected chi connectivity index (χ4v) is 3.50. The molecule has 25 heavy (non-hydrogen) atoms. The molecule has 6 heteroatoms. The molecule has 0 bridgehead atoms. The highest BCUT2D eigenvalue weighted by Gasteiger charge is 2.29. The SMILES string of the molecule is C[C@@H]1CN(C(=O)/C=C/c2ccc(F)cc2)C(=Nc2ccc(Cl)cc2)S1. The quantitative estimate of drug-likeness (QED) is 0.696. The molecule has 0 unspecified atom stereocenters. The van der Waals surface area contributed by atoms with E-state index in [0.717, 1.165) is 11.3 Å². The van der Waals surface area contributed by atoms with Gasteiger partial charge in [-0.1, -0.05) is 42.4 Å². The fourth-order valence-electron chi connectivity index (χ4n) is 2.34. The van der Waals surface area contributed by atoms with Crippen molar-refractivity contribution >= 4 is 46.2 Å². The highest BCUT2D eigenvalue weighted by Crippen LogP contribution is 2.29. The lowest BCUT2D eigenvalue weighted by molar-refractivity contribution is -0.122. The lowest BCUT2D eigenvalue weighted by Gasteiger charge is -2.13. The Hall–Kier alpha value is -2.11. The first kappa shape index (κ1) is 17.7. The van der Waals surface area contributed by atoms with Gasteiger partial charge >= 0.3 is 0 Å². The molecule has 0 N–H and O–H groups in total. The number of halogens is 2. The second-order valence-electron chi connectivity index (χ2n) is 5.63. The second-order valence-corrected chi connectivity index (χ2v) is 7.48. The summed E-state index contributed by atoms with van der Waals surface area (Å²) in [5.41, 5.74) is 1.52. The summed E-state index contributed by atoms with van der Waals surface area (Å²) in [4.78, 5) is 18.8. The lowest BCUT2D eigenvalue weighted by atomic mass is 10.2. The van der Waals surface area contributed by atoms with Crippen molar-refractivity contribution in [3.05, 3.63) is 71.0 Å². The molecule has 0 aliphatic carbocycles. The third kappa shape index (κ3) is 4.71. The Morgan fingerprint density at radius 3 is 2.60 bits per heavy atom. The van der Waals surface area contributed by atoms with E-state index in [0.29, 0.717) is 16.7 Å². The maximum atomic E-state index is 12.9. The number of aliphatic imine (C=N–C) groups is 1. The minimum atomic E-state index is -0.300. The van der Waals surface area contributed by atoms with Gasteiger partial charge in [0, 0.05) is 22.9 Å². The van der Waals surface area contributed by atoms with Crippen LogP contribution in [0.1, 0.15) is 12.5 Å². The van der Waals surface area contributed by atoms with Gasteiger partial charge in [-0.05, 0) is 48.0 Å². The number of carbonyl (C=O) groups is 1. The summed E-state index contributed by atoms with van der Waals surface area (Å²) in [6, 6.07) is 13.2. The number of benzene rings is 2. The first-order chi connectivity index (χ1) is 12.0. The van der Waals surface area contributed by atoms with Gasteiger partial charge < -0.3 is 0 Å². The molecule has 3 nitrogen and oxygen atoms in total. The van der Waals surface area contributed by atoms with Crippen molar-refractivity contribution in [1.29, 1.82) is 0 Å². The Kier molecular flexibility index (Phi) is 5.56. The summed E-state index contributed by atoms with van der Waals surface area (Å²) in [5.74, 6) is -0.445. The van der Waals surface area contributed by atoms with Crippen molar-refractivity contribution in [2.24, 2.45) is 4.99 Å². The highest BCUT2D eigenvalue weighted by atomic mass is 35.5. The van der Waals surface area contributed by atoms with Gasteiger partial charge in [0.15, 0.2) is 5.17 Å². The molecule has 1 fully saturated rings. The molecule has 0 radical (unpaired) electrons. The predicted molar refractivity (Wildman–Crippen MR) is 103 cm³/mol. The molecule has 1 aliphatic rings. The summed E-state index contributed by atoms with van der Waals surface area (Å²) in [5, 5.41) is 1.59.